The highest BCUT2D eigenvalue weighted by atomic mass is 32.1. The third kappa shape index (κ3) is 3.93. The molecule has 1 aromatic heterocycles. The van der Waals surface area contributed by atoms with Gasteiger partial charge < -0.3 is 10.1 Å². The Bertz CT molecular complexity index is 809. The topological polar surface area (TPSA) is 55.4 Å². The van der Waals surface area contributed by atoms with E-state index in [1.165, 1.54) is 11.3 Å². The first-order chi connectivity index (χ1) is 12.0. The van der Waals surface area contributed by atoms with Crippen LogP contribution in [0.5, 0.6) is 0 Å². The first-order valence-electron chi connectivity index (χ1n) is 8.64. The Balaban J connectivity index is 1.66. The third-order valence-corrected chi connectivity index (χ3v) is 5.67. The van der Waals surface area contributed by atoms with Crippen LogP contribution in [-0.4, -0.2) is 18.0 Å². The molecule has 4 nitrogen and oxygen atoms in total. The molecule has 132 valence electrons. The molecule has 3 rings (SSSR count). The van der Waals surface area contributed by atoms with E-state index >= 15 is 0 Å². The van der Waals surface area contributed by atoms with Gasteiger partial charge in [0.05, 0.1) is 5.56 Å². The number of benzene rings is 1. The molecule has 1 N–H and O–H groups in total. The van der Waals surface area contributed by atoms with Crippen molar-refractivity contribution in [2.24, 2.45) is 0 Å². The molecule has 5 heteroatoms. The Morgan fingerprint density at radius 2 is 1.96 bits per heavy atom. The quantitative estimate of drug-likeness (QED) is 0.824. The smallest absolute Gasteiger partial charge is 0.340 e. The Kier molecular flexibility index (Phi) is 5.23. The first kappa shape index (κ1) is 17.7. The van der Waals surface area contributed by atoms with E-state index in [4.69, 9.17) is 4.74 Å². The number of hydrogen-bond donors (Lipinski definition) is 1. The van der Waals surface area contributed by atoms with Crippen LogP contribution >= 0.6 is 11.3 Å². The van der Waals surface area contributed by atoms with Crippen LogP contribution < -0.4 is 5.32 Å². The van der Waals surface area contributed by atoms with Crippen LogP contribution in [0.2, 0.25) is 0 Å². The van der Waals surface area contributed by atoms with Gasteiger partial charge >= 0.3 is 5.97 Å². The number of thiophene rings is 1. The number of fused-ring (bicyclic) bond motifs is 1. The minimum Gasteiger partial charge on any atom is -0.449 e. The maximum Gasteiger partial charge on any atom is 0.340 e. The number of aryl methyl sites for hydroxylation is 3. The predicted molar refractivity (Wildman–Crippen MR) is 100 cm³/mol. The summed E-state index contributed by atoms with van der Waals surface area (Å²) < 4.78 is 5.42. The normalized spacial score (nSPS) is 14.5. The summed E-state index contributed by atoms with van der Waals surface area (Å²) in [7, 11) is 0. The zero-order chi connectivity index (χ0) is 18.0. The third-order valence-electron chi connectivity index (χ3n) is 4.59. The van der Waals surface area contributed by atoms with Crippen molar-refractivity contribution >= 4 is 28.9 Å². The number of esters is 1. The van der Waals surface area contributed by atoms with Gasteiger partial charge in [-0.05, 0) is 69.2 Å². The van der Waals surface area contributed by atoms with Crippen LogP contribution in [0.3, 0.4) is 0 Å². The van der Waals surface area contributed by atoms with Gasteiger partial charge in [-0.3, -0.25) is 4.79 Å². The number of rotatable bonds is 4. The van der Waals surface area contributed by atoms with Gasteiger partial charge in [-0.25, -0.2) is 4.79 Å². The van der Waals surface area contributed by atoms with Gasteiger partial charge in [0, 0.05) is 15.9 Å². The van der Waals surface area contributed by atoms with Crippen molar-refractivity contribution in [1.82, 2.24) is 0 Å². The highest BCUT2D eigenvalue weighted by Crippen LogP contribution is 2.30. The summed E-state index contributed by atoms with van der Waals surface area (Å²) in [6.45, 7) is 5.51. The summed E-state index contributed by atoms with van der Waals surface area (Å²) in [4.78, 5) is 26.1. The number of carbonyl (C=O) groups is 2. The van der Waals surface area contributed by atoms with Crippen molar-refractivity contribution in [3.8, 4) is 0 Å². The van der Waals surface area contributed by atoms with Crippen molar-refractivity contribution in [2.45, 2.75) is 52.6 Å². The van der Waals surface area contributed by atoms with Crippen LogP contribution in [0.4, 0.5) is 5.69 Å². The summed E-state index contributed by atoms with van der Waals surface area (Å²) in [5.41, 5.74) is 4.54. The minimum absolute atomic E-state index is 0.314. The number of nitrogens with one attached hydrogen (secondary N) is 1. The van der Waals surface area contributed by atoms with Gasteiger partial charge in [-0.2, -0.15) is 0 Å². The Hall–Kier alpha value is -2.14. The number of amides is 1. The number of carbonyl (C=O) groups excluding carboxylic acids is 2. The maximum atomic E-state index is 12.5. The monoisotopic (exact) mass is 357 g/mol. The summed E-state index contributed by atoms with van der Waals surface area (Å²) in [6, 6.07) is 5.87. The zero-order valence-electron chi connectivity index (χ0n) is 14.8. The Labute approximate surface area is 152 Å². The standard InChI is InChI=1S/C20H23NO3S/c1-12-8-9-13(2)17(10-12)21-19(22)14(3)24-20(23)16-11-25-18-7-5-4-6-15(16)18/h8-11,14H,4-7H2,1-3H3,(H,21,22). The average Bonchev–Trinajstić information content (AvgIpc) is 3.02. The Morgan fingerprint density at radius 1 is 1.20 bits per heavy atom. The lowest BCUT2D eigenvalue weighted by molar-refractivity contribution is -0.123. The molecule has 0 saturated carbocycles. The van der Waals surface area contributed by atoms with Crippen LogP contribution in [-0.2, 0) is 22.4 Å². The fourth-order valence-corrected chi connectivity index (χ4v) is 4.16. The molecule has 0 spiro atoms. The molecule has 1 unspecified atom stereocenters. The van der Waals surface area contributed by atoms with Crippen molar-refractivity contribution in [3.63, 3.8) is 0 Å². The lowest BCUT2D eigenvalue weighted by Gasteiger charge is -2.16. The molecule has 0 fully saturated rings. The molecule has 1 aromatic carbocycles. The van der Waals surface area contributed by atoms with E-state index in [-0.39, 0.29) is 5.91 Å². The molecule has 1 atom stereocenters. The van der Waals surface area contributed by atoms with Crippen molar-refractivity contribution in [1.29, 1.82) is 0 Å². The van der Waals surface area contributed by atoms with Crippen LogP contribution in [0, 0.1) is 13.8 Å². The molecule has 1 aliphatic carbocycles. The first-order valence-corrected chi connectivity index (χ1v) is 9.52. The van der Waals surface area contributed by atoms with Crippen molar-refractivity contribution in [2.75, 3.05) is 5.32 Å². The molecule has 0 aliphatic heterocycles. The zero-order valence-corrected chi connectivity index (χ0v) is 15.7. The van der Waals surface area contributed by atoms with E-state index in [2.05, 4.69) is 5.32 Å². The van der Waals surface area contributed by atoms with Gasteiger partial charge in [0.15, 0.2) is 6.10 Å². The molecular formula is C20H23NO3S. The summed E-state index contributed by atoms with van der Waals surface area (Å²) in [5, 5.41) is 4.72. The second kappa shape index (κ2) is 7.40. The van der Waals surface area contributed by atoms with E-state index in [9.17, 15) is 9.59 Å². The highest BCUT2D eigenvalue weighted by Gasteiger charge is 2.24. The van der Waals surface area contributed by atoms with Gasteiger partial charge in [0.25, 0.3) is 5.91 Å². The van der Waals surface area contributed by atoms with Gasteiger partial charge in [-0.1, -0.05) is 12.1 Å². The van der Waals surface area contributed by atoms with Gasteiger partial charge in [0.2, 0.25) is 0 Å². The molecule has 0 bridgehead atoms. The van der Waals surface area contributed by atoms with Crippen LogP contribution in [0.1, 0.15) is 51.7 Å². The lowest BCUT2D eigenvalue weighted by Crippen LogP contribution is -2.30. The molecule has 0 saturated heterocycles. The Morgan fingerprint density at radius 3 is 2.76 bits per heavy atom. The minimum atomic E-state index is -0.841. The molecule has 25 heavy (non-hydrogen) atoms. The average molecular weight is 357 g/mol. The van der Waals surface area contributed by atoms with Crippen LogP contribution in [0.15, 0.2) is 23.6 Å². The molecular weight excluding hydrogens is 334 g/mol. The molecule has 2 aromatic rings. The fraction of sp³-hybridized carbons (Fsp3) is 0.400. The predicted octanol–water partition coefficient (Wildman–Crippen LogP) is 4.43. The van der Waals surface area contributed by atoms with Crippen molar-refractivity contribution in [3.05, 3.63) is 50.7 Å². The lowest BCUT2D eigenvalue weighted by atomic mass is 9.96. The molecule has 0 radical (unpaired) electrons. The molecule has 1 heterocycles. The highest BCUT2D eigenvalue weighted by molar-refractivity contribution is 7.10. The second-order valence-electron chi connectivity index (χ2n) is 6.61. The van der Waals surface area contributed by atoms with E-state index in [1.807, 2.05) is 37.4 Å². The van der Waals surface area contributed by atoms with Gasteiger partial charge in [-0.15, -0.1) is 11.3 Å². The van der Waals surface area contributed by atoms with E-state index in [1.54, 1.807) is 18.3 Å². The largest absolute Gasteiger partial charge is 0.449 e. The SMILES string of the molecule is Cc1ccc(C)c(NC(=O)C(C)OC(=O)c2csc3c2CCCC3)c1. The van der Waals surface area contributed by atoms with E-state index in [0.717, 1.165) is 41.6 Å². The second-order valence-corrected chi connectivity index (χ2v) is 7.58. The van der Waals surface area contributed by atoms with E-state index in [0.29, 0.717) is 5.56 Å². The maximum absolute atomic E-state index is 12.5. The summed E-state index contributed by atoms with van der Waals surface area (Å²) in [6.07, 6.45) is 3.40. The number of hydrogen-bond acceptors (Lipinski definition) is 4. The fourth-order valence-electron chi connectivity index (χ4n) is 3.05. The summed E-state index contributed by atoms with van der Waals surface area (Å²) in [5.74, 6) is -0.714. The van der Waals surface area contributed by atoms with Crippen molar-refractivity contribution < 1.29 is 14.3 Å². The summed E-state index contributed by atoms with van der Waals surface area (Å²) >= 11 is 1.62. The number of anilines is 1. The number of ether oxygens (including phenoxy) is 1. The van der Waals surface area contributed by atoms with Gasteiger partial charge in [0.1, 0.15) is 0 Å². The van der Waals surface area contributed by atoms with Crippen LogP contribution in [0.25, 0.3) is 0 Å². The molecule has 1 amide bonds. The van der Waals surface area contributed by atoms with E-state index < -0.39 is 12.1 Å². The molecule has 1 aliphatic rings.